The molecule has 1 aromatic carbocycles. The van der Waals surface area contributed by atoms with E-state index in [-0.39, 0.29) is 17.9 Å². The van der Waals surface area contributed by atoms with Gasteiger partial charge in [-0.05, 0) is 54.4 Å². The number of ether oxygens (including phenoxy) is 1. The summed E-state index contributed by atoms with van der Waals surface area (Å²) in [6, 6.07) is 5.94. The van der Waals surface area contributed by atoms with Crippen molar-refractivity contribution in [3.63, 3.8) is 0 Å². The van der Waals surface area contributed by atoms with E-state index in [0.717, 1.165) is 23.0 Å². The molecule has 122 valence electrons. The van der Waals surface area contributed by atoms with Crippen LogP contribution in [0.25, 0.3) is 0 Å². The summed E-state index contributed by atoms with van der Waals surface area (Å²) in [6.45, 7) is 3.10. The number of methoxy groups -OCH3 is 1. The third kappa shape index (κ3) is 2.26. The van der Waals surface area contributed by atoms with E-state index < -0.39 is 5.54 Å². The molecular formula is C18H21ClN2O2. The lowest BCUT2D eigenvalue weighted by Gasteiger charge is -2.42. The maximum atomic E-state index is 12.7. The van der Waals surface area contributed by atoms with Crippen molar-refractivity contribution in [2.45, 2.75) is 43.7 Å². The van der Waals surface area contributed by atoms with Gasteiger partial charge < -0.3 is 9.64 Å². The standard InChI is InChI=1S/C18H21ClN2O2/c1-11-8-18(17(22)23-2)16(14-6-5-13(19)7-15(11)14)21(10-20-18)9-12-3-4-12/h5-7,10-12,16H,3-4,8-9H2,1-2H3/t11?,16-,18+/m0/s1. The van der Waals surface area contributed by atoms with Gasteiger partial charge in [0.25, 0.3) is 0 Å². The summed E-state index contributed by atoms with van der Waals surface area (Å²) in [4.78, 5) is 19.6. The number of benzene rings is 1. The zero-order valence-corrected chi connectivity index (χ0v) is 14.2. The van der Waals surface area contributed by atoms with Crippen molar-refractivity contribution in [2.24, 2.45) is 10.9 Å². The molecule has 0 aromatic heterocycles. The monoisotopic (exact) mass is 332 g/mol. The first kappa shape index (κ1) is 15.0. The molecule has 3 aliphatic rings. The summed E-state index contributed by atoms with van der Waals surface area (Å²) in [5.74, 6) is 0.714. The van der Waals surface area contributed by atoms with Crippen LogP contribution in [0.15, 0.2) is 23.2 Å². The van der Waals surface area contributed by atoms with Crippen LogP contribution in [0.1, 0.15) is 49.3 Å². The number of rotatable bonds is 3. The molecule has 4 rings (SSSR count). The van der Waals surface area contributed by atoms with Crippen LogP contribution in [0.2, 0.25) is 5.02 Å². The molecule has 0 N–H and O–H groups in total. The predicted octanol–water partition coefficient (Wildman–Crippen LogP) is 3.55. The first-order chi connectivity index (χ1) is 11.0. The summed E-state index contributed by atoms with van der Waals surface area (Å²) in [7, 11) is 1.45. The Balaban J connectivity index is 1.82. The molecule has 2 aliphatic carbocycles. The lowest BCUT2D eigenvalue weighted by Crippen LogP contribution is -2.49. The first-order valence-electron chi connectivity index (χ1n) is 8.24. The summed E-state index contributed by atoms with van der Waals surface area (Å²) >= 11 is 6.20. The Morgan fingerprint density at radius 3 is 2.91 bits per heavy atom. The molecule has 0 spiro atoms. The molecule has 4 nitrogen and oxygen atoms in total. The fourth-order valence-electron chi connectivity index (χ4n) is 4.16. The van der Waals surface area contributed by atoms with E-state index in [2.05, 4.69) is 22.9 Å². The van der Waals surface area contributed by atoms with E-state index in [9.17, 15) is 4.79 Å². The Morgan fingerprint density at radius 2 is 2.22 bits per heavy atom. The SMILES string of the molecule is COC(=O)[C@@]12CC(C)c3cc(Cl)ccc3[C@@H]1N(CC1CC1)C=N2. The van der Waals surface area contributed by atoms with Crippen LogP contribution in [0, 0.1) is 5.92 Å². The number of carbonyl (C=O) groups excluding carboxylic acids is 1. The van der Waals surface area contributed by atoms with Crippen molar-refractivity contribution in [1.82, 2.24) is 4.90 Å². The molecule has 0 radical (unpaired) electrons. The maximum absolute atomic E-state index is 12.7. The molecule has 0 saturated heterocycles. The van der Waals surface area contributed by atoms with E-state index in [4.69, 9.17) is 16.3 Å². The number of nitrogens with zero attached hydrogens (tertiary/aromatic N) is 2. The van der Waals surface area contributed by atoms with Crippen LogP contribution in [0.4, 0.5) is 0 Å². The van der Waals surface area contributed by atoms with Gasteiger partial charge in [-0.3, -0.25) is 4.99 Å². The minimum absolute atomic E-state index is 0.0704. The Kier molecular flexibility index (Phi) is 3.41. The molecule has 0 amide bonds. The number of hydrogen-bond donors (Lipinski definition) is 0. The van der Waals surface area contributed by atoms with E-state index in [0.29, 0.717) is 6.42 Å². The summed E-state index contributed by atoms with van der Waals surface area (Å²) < 4.78 is 5.14. The molecule has 1 aliphatic heterocycles. The average Bonchev–Trinajstić information content (AvgIpc) is 3.28. The van der Waals surface area contributed by atoms with Crippen LogP contribution < -0.4 is 0 Å². The van der Waals surface area contributed by atoms with Crippen LogP contribution in [0.3, 0.4) is 0 Å². The highest BCUT2D eigenvalue weighted by molar-refractivity contribution is 6.30. The second kappa shape index (κ2) is 5.23. The van der Waals surface area contributed by atoms with Gasteiger partial charge in [0.05, 0.1) is 19.5 Å². The zero-order valence-electron chi connectivity index (χ0n) is 13.5. The molecule has 1 aromatic rings. The molecule has 1 fully saturated rings. The third-order valence-electron chi connectivity index (χ3n) is 5.42. The highest BCUT2D eigenvalue weighted by Gasteiger charge is 2.57. The maximum Gasteiger partial charge on any atom is 0.336 e. The number of esters is 1. The number of halogens is 1. The third-order valence-corrected chi connectivity index (χ3v) is 5.65. The van der Waals surface area contributed by atoms with Crippen molar-refractivity contribution < 1.29 is 9.53 Å². The van der Waals surface area contributed by atoms with E-state index in [1.165, 1.54) is 25.5 Å². The van der Waals surface area contributed by atoms with Crippen molar-refractivity contribution in [2.75, 3.05) is 13.7 Å². The molecule has 0 bridgehead atoms. The van der Waals surface area contributed by atoms with Crippen LogP contribution in [-0.2, 0) is 9.53 Å². The fourth-order valence-corrected chi connectivity index (χ4v) is 4.34. The first-order valence-corrected chi connectivity index (χ1v) is 8.62. The number of hydrogen-bond acceptors (Lipinski definition) is 4. The largest absolute Gasteiger partial charge is 0.467 e. The molecule has 5 heteroatoms. The molecule has 1 heterocycles. The molecule has 3 atom stereocenters. The van der Waals surface area contributed by atoms with Gasteiger partial charge in [-0.15, -0.1) is 0 Å². The van der Waals surface area contributed by atoms with Gasteiger partial charge in [0.2, 0.25) is 0 Å². The molecular weight excluding hydrogens is 312 g/mol. The summed E-state index contributed by atoms with van der Waals surface area (Å²) in [5, 5.41) is 0.744. The number of fused-ring (bicyclic) bond motifs is 3. The highest BCUT2D eigenvalue weighted by Crippen LogP contribution is 2.52. The van der Waals surface area contributed by atoms with Crippen molar-refractivity contribution in [3.8, 4) is 0 Å². The predicted molar refractivity (Wildman–Crippen MR) is 89.9 cm³/mol. The topological polar surface area (TPSA) is 41.9 Å². The normalized spacial score (nSPS) is 31.7. The number of carbonyl (C=O) groups is 1. The minimum Gasteiger partial charge on any atom is -0.467 e. The second-order valence-corrected chi connectivity index (χ2v) is 7.52. The smallest absolute Gasteiger partial charge is 0.336 e. The average molecular weight is 333 g/mol. The minimum atomic E-state index is -0.816. The van der Waals surface area contributed by atoms with Gasteiger partial charge in [-0.1, -0.05) is 24.6 Å². The van der Waals surface area contributed by atoms with E-state index in [1.807, 2.05) is 18.5 Å². The lowest BCUT2D eigenvalue weighted by atomic mass is 9.69. The highest BCUT2D eigenvalue weighted by atomic mass is 35.5. The summed E-state index contributed by atoms with van der Waals surface area (Å²) in [6.07, 6.45) is 5.07. The van der Waals surface area contributed by atoms with Crippen LogP contribution in [0.5, 0.6) is 0 Å². The van der Waals surface area contributed by atoms with Crippen molar-refractivity contribution >= 4 is 23.9 Å². The fraction of sp³-hybridized carbons (Fsp3) is 0.556. The van der Waals surface area contributed by atoms with Crippen molar-refractivity contribution in [1.29, 1.82) is 0 Å². The summed E-state index contributed by atoms with van der Waals surface area (Å²) in [5.41, 5.74) is 1.58. The van der Waals surface area contributed by atoms with Gasteiger partial charge in [0, 0.05) is 11.6 Å². The van der Waals surface area contributed by atoms with Gasteiger partial charge in [-0.25, -0.2) is 4.79 Å². The second-order valence-electron chi connectivity index (χ2n) is 7.08. The lowest BCUT2D eigenvalue weighted by molar-refractivity contribution is -0.149. The Hall–Kier alpha value is -1.55. The Bertz CT molecular complexity index is 686. The quantitative estimate of drug-likeness (QED) is 0.795. The molecule has 23 heavy (non-hydrogen) atoms. The Labute approximate surface area is 141 Å². The molecule has 1 unspecified atom stereocenters. The van der Waals surface area contributed by atoms with Gasteiger partial charge in [-0.2, -0.15) is 0 Å². The van der Waals surface area contributed by atoms with Crippen LogP contribution >= 0.6 is 11.6 Å². The van der Waals surface area contributed by atoms with Gasteiger partial charge in [0.15, 0.2) is 5.54 Å². The Morgan fingerprint density at radius 1 is 1.43 bits per heavy atom. The van der Waals surface area contributed by atoms with E-state index in [1.54, 1.807) is 0 Å². The molecule has 1 saturated carbocycles. The van der Waals surface area contributed by atoms with Gasteiger partial charge >= 0.3 is 5.97 Å². The van der Waals surface area contributed by atoms with Crippen LogP contribution in [-0.4, -0.2) is 36.4 Å². The zero-order chi connectivity index (χ0) is 16.2. The van der Waals surface area contributed by atoms with E-state index >= 15 is 0 Å². The van der Waals surface area contributed by atoms with Crippen molar-refractivity contribution in [3.05, 3.63) is 34.3 Å². The number of aliphatic imine (C=N–C) groups is 1. The van der Waals surface area contributed by atoms with Gasteiger partial charge in [0.1, 0.15) is 0 Å².